The molecule has 1 heterocycles. The summed E-state index contributed by atoms with van der Waals surface area (Å²) in [6.45, 7) is 0.897. The van der Waals surface area contributed by atoms with Crippen LogP contribution in [-0.2, 0) is 11.2 Å². The van der Waals surface area contributed by atoms with E-state index in [9.17, 15) is 4.79 Å². The molecule has 2 atom stereocenters. The molecule has 100 valence electrons. The van der Waals surface area contributed by atoms with Gasteiger partial charge in [-0.2, -0.15) is 0 Å². The van der Waals surface area contributed by atoms with Crippen molar-refractivity contribution in [2.24, 2.45) is 5.92 Å². The zero-order valence-electron chi connectivity index (χ0n) is 10.2. The summed E-state index contributed by atoms with van der Waals surface area (Å²) in [5.74, 6) is -0.807. The fourth-order valence-electron chi connectivity index (χ4n) is 2.49. The van der Waals surface area contributed by atoms with Crippen molar-refractivity contribution in [1.82, 2.24) is 5.32 Å². The maximum atomic E-state index is 11.0. The first-order chi connectivity index (χ1) is 8.65. The third-order valence-corrected chi connectivity index (χ3v) is 4.75. The monoisotopic (exact) mass is 287 g/mol. The number of hydrogen-bond acceptors (Lipinski definition) is 3. The highest BCUT2D eigenvalue weighted by molar-refractivity contribution is 7.16. The summed E-state index contributed by atoms with van der Waals surface area (Å²) < 4.78 is 0.827. The summed E-state index contributed by atoms with van der Waals surface area (Å²) in [4.78, 5) is 12.2. The number of aliphatic carboxylic acids is 1. The summed E-state index contributed by atoms with van der Waals surface area (Å²) in [5.41, 5.74) is 0. The zero-order valence-corrected chi connectivity index (χ0v) is 11.8. The van der Waals surface area contributed by atoms with Crippen LogP contribution in [0.25, 0.3) is 0 Å². The molecule has 18 heavy (non-hydrogen) atoms. The van der Waals surface area contributed by atoms with Crippen LogP contribution in [-0.4, -0.2) is 23.7 Å². The number of rotatable bonds is 5. The van der Waals surface area contributed by atoms with Crippen LogP contribution in [0.1, 0.15) is 30.6 Å². The number of halogens is 1. The van der Waals surface area contributed by atoms with Crippen LogP contribution < -0.4 is 5.32 Å². The molecule has 1 aliphatic rings. The molecule has 0 aliphatic heterocycles. The maximum absolute atomic E-state index is 11.0. The first kappa shape index (κ1) is 13.8. The predicted octanol–water partition coefficient (Wildman–Crippen LogP) is 3.18. The van der Waals surface area contributed by atoms with Gasteiger partial charge in [-0.05, 0) is 37.8 Å². The van der Waals surface area contributed by atoms with Crippen molar-refractivity contribution in [2.75, 3.05) is 6.54 Å². The number of hydrogen-bond donors (Lipinski definition) is 2. The second-order valence-corrected chi connectivity index (χ2v) is 6.61. The van der Waals surface area contributed by atoms with Crippen LogP contribution in [0.3, 0.4) is 0 Å². The first-order valence-electron chi connectivity index (χ1n) is 6.35. The Bertz CT molecular complexity index is 407. The number of carboxylic acid groups (broad SMARTS) is 1. The van der Waals surface area contributed by atoms with Gasteiger partial charge in [0, 0.05) is 17.5 Å². The minimum absolute atomic E-state index is 0.160. The highest BCUT2D eigenvalue weighted by Gasteiger charge is 2.26. The molecule has 1 aliphatic carbocycles. The van der Waals surface area contributed by atoms with E-state index in [1.54, 1.807) is 11.3 Å². The van der Waals surface area contributed by atoms with Gasteiger partial charge in [0.25, 0.3) is 0 Å². The van der Waals surface area contributed by atoms with E-state index in [0.29, 0.717) is 6.04 Å². The molecule has 0 bridgehead atoms. The highest BCUT2D eigenvalue weighted by Crippen LogP contribution is 2.25. The van der Waals surface area contributed by atoms with E-state index in [4.69, 9.17) is 16.7 Å². The SMILES string of the molecule is O=C(O)C1CCCC(NCCc2ccc(Cl)s2)C1. The Labute approximate surface area is 116 Å². The molecule has 0 aromatic carbocycles. The van der Waals surface area contributed by atoms with Gasteiger partial charge >= 0.3 is 5.97 Å². The van der Waals surface area contributed by atoms with Gasteiger partial charge in [0.15, 0.2) is 0 Å². The van der Waals surface area contributed by atoms with Crippen LogP contribution in [0.15, 0.2) is 12.1 Å². The quantitative estimate of drug-likeness (QED) is 0.874. The van der Waals surface area contributed by atoms with E-state index in [1.807, 2.05) is 6.07 Å². The van der Waals surface area contributed by atoms with Crippen LogP contribution in [0.2, 0.25) is 4.34 Å². The Hall–Kier alpha value is -0.580. The van der Waals surface area contributed by atoms with Crippen molar-refractivity contribution < 1.29 is 9.90 Å². The second kappa shape index (κ2) is 6.55. The molecule has 2 unspecified atom stereocenters. The first-order valence-corrected chi connectivity index (χ1v) is 7.55. The van der Waals surface area contributed by atoms with Gasteiger partial charge in [-0.3, -0.25) is 4.79 Å². The molecule has 1 aromatic heterocycles. The molecule has 0 amide bonds. The Morgan fingerprint density at radius 3 is 3.00 bits per heavy atom. The Morgan fingerprint density at radius 1 is 1.50 bits per heavy atom. The molecular weight excluding hydrogens is 270 g/mol. The summed E-state index contributed by atoms with van der Waals surface area (Å²) >= 11 is 7.49. The average molecular weight is 288 g/mol. The van der Waals surface area contributed by atoms with Crippen LogP contribution in [0.4, 0.5) is 0 Å². The molecular formula is C13H18ClNO2S. The fraction of sp³-hybridized carbons (Fsp3) is 0.615. The fourth-order valence-corrected chi connectivity index (χ4v) is 3.57. The standard InChI is InChI=1S/C13H18ClNO2S/c14-12-5-4-11(18-12)6-7-15-10-3-1-2-9(8-10)13(16)17/h4-5,9-10,15H,1-3,6-8H2,(H,16,17). The predicted molar refractivity (Wildman–Crippen MR) is 74.4 cm³/mol. The molecule has 0 radical (unpaired) electrons. The van der Waals surface area contributed by atoms with E-state index in [0.717, 1.165) is 43.0 Å². The van der Waals surface area contributed by atoms with Gasteiger partial charge in [0.1, 0.15) is 0 Å². The van der Waals surface area contributed by atoms with Crippen LogP contribution >= 0.6 is 22.9 Å². The minimum Gasteiger partial charge on any atom is -0.481 e. The van der Waals surface area contributed by atoms with Crippen LogP contribution in [0.5, 0.6) is 0 Å². The summed E-state index contributed by atoms with van der Waals surface area (Å²) in [5, 5.41) is 12.5. The summed E-state index contributed by atoms with van der Waals surface area (Å²) in [6.07, 6.45) is 4.66. The molecule has 2 rings (SSSR count). The third-order valence-electron chi connectivity index (χ3n) is 3.46. The lowest BCUT2D eigenvalue weighted by Gasteiger charge is -2.27. The van der Waals surface area contributed by atoms with Gasteiger partial charge in [0.2, 0.25) is 0 Å². The molecule has 5 heteroatoms. The zero-order chi connectivity index (χ0) is 13.0. The van der Waals surface area contributed by atoms with Crippen molar-refractivity contribution in [3.05, 3.63) is 21.3 Å². The lowest BCUT2D eigenvalue weighted by molar-refractivity contribution is -0.143. The van der Waals surface area contributed by atoms with Gasteiger partial charge < -0.3 is 10.4 Å². The van der Waals surface area contributed by atoms with Gasteiger partial charge in [-0.1, -0.05) is 18.0 Å². The lowest BCUT2D eigenvalue weighted by atomic mass is 9.86. The van der Waals surface area contributed by atoms with E-state index in [2.05, 4.69) is 11.4 Å². The molecule has 2 N–H and O–H groups in total. The van der Waals surface area contributed by atoms with E-state index < -0.39 is 5.97 Å². The van der Waals surface area contributed by atoms with Crippen molar-refractivity contribution in [2.45, 2.75) is 38.1 Å². The lowest BCUT2D eigenvalue weighted by Crippen LogP contribution is -2.37. The molecule has 1 aromatic rings. The highest BCUT2D eigenvalue weighted by atomic mass is 35.5. The molecule has 0 saturated heterocycles. The number of carboxylic acids is 1. The minimum atomic E-state index is -0.647. The molecule has 1 saturated carbocycles. The van der Waals surface area contributed by atoms with E-state index in [-0.39, 0.29) is 5.92 Å². The molecule has 1 fully saturated rings. The normalized spacial score (nSPS) is 24.1. The number of carbonyl (C=O) groups is 1. The van der Waals surface area contributed by atoms with E-state index >= 15 is 0 Å². The Kier molecular flexibility index (Phi) is 5.03. The van der Waals surface area contributed by atoms with E-state index in [1.165, 1.54) is 4.88 Å². The number of nitrogens with one attached hydrogen (secondary N) is 1. The third kappa shape index (κ3) is 3.97. The topological polar surface area (TPSA) is 49.3 Å². The molecule has 3 nitrogen and oxygen atoms in total. The van der Waals surface area contributed by atoms with Gasteiger partial charge in [-0.25, -0.2) is 0 Å². The van der Waals surface area contributed by atoms with Gasteiger partial charge in [0.05, 0.1) is 10.3 Å². The smallest absolute Gasteiger partial charge is 0.306 e. The van der Waals surface area contributed by atoms with Gasteiger partial charge in [-0.15, -0.1) is 11.3 Å². The van der Waals surface area contributed by atoms with Crippen molar-refractivity contribution in [3.63, 3.8) is 0 Å². The number of thiophene rings is 1. The summed E-state index contributed by atoms with van der Waals surface area (Å²) in [6, 6.07) is 4.33. The Balaban J connectivity index is 1.71. The maximum Gasteiger partial charge on any atom is 0.306 e. The van der Waals surface area contributed by atoms with Crippen molar-refractivity contribution in [1.29, 1.82) is 0 Å². The van der Waals surface area contributed by atoms with Crippen LogP contribution in [0, 0.1) is 5.92 Å². The Morgan fingerprint density at radius 2 is 2.33 bits per heavy atom. The van der Waals surface area contributed by atoms with Crippen molar-refractivity contribution >= 4 is 28.9 Å². The average Bonchev–Trinajstić information content (AvgIpc) is 2.75. The largest absolute Gasteiger partial charge is 0.481 e. The molecule has 0 spiro atoms. The second-order valence-electron chi connectivity index (χ2n) is 4.81. The van der Waals surface area contributed by atoms with Crippen molar-refractivity contribution in [3.8, 4) is 0 Å². The summed E-state index contributed by atoms with van der Waals surface area (Å²) in [7, 11) is 0.